The summed E-state index contributed by atoms with van der Waals surface area (Å²) in [6.07, 6.45) is 5.23. The Morgan fingerprint density at radius 1 is 1.16 bits per heavy atom. The molecule has 0 spiro atoms. The van der Waals surface area contributed by atoms with E-state index in [0.29, 0.717) is 6.04 Å². The van der Waals surface area contributed by atoms with Crippen LogP contribution in [0.1, 0.15) is 37.5 Å². The van der Waals surface area contributed by atoms with Crippen molar-refractivity contribution in [1.82, 2.24) is 14.9 Å². The summed E-state index contributed by atoms with van der Waals surface area (Å²) in [5.41, 5.74) is 2.45. The first kappa shape index (κ1) is 12.9. The monoisotopic (exact) mass is 277 g/mol. The van der Waals surface area contributed by atoms with Crippen molar-refractivity contribution >= 4 is 23.4 Å². The lowest BCUT2D eigenvalue weighted by Crippen LogP contribution is -2.39. The number of nitrogens with one attached hydrogen (secondary N) is 1. The lowest BCUT2D eigenvalue weighted by atomic mass is 9.99. The van der Waals surface area contributed by atoms with Crippen LogP contribution in [0.5, 0.6) is 0 Å². The number of aromatic nitrogens is 2. The topological polar surface area (TPSA) is 29.9 Å². The number of hydrogen-bond donors (Lipinski definition) is 1. The molecule has 2 saturated heterocycles. The largest absolute Gasteiger partial charge is 0.325 e. The Labute approximate surface area is 119 Å². The van der Waals surface area contributed by atoms with Gasteiger partial charge in [0.1, 0.15) is 5.82 Å². The van der Waals surface area contributed by atoms with Crippen LogP contribution in [0.15, 0.2) is 24.3 Å². The Hall–Kier alpha value is -1.06. The smallest absolute Gasteiger partial charge is 0.106 e. The van der Waals surface area contributed by atoms with Gasteiger partial charge >= 0.3 is 0 Å². The molecule has 3 heterocycles. The van der Waals surface area contributed by atoms with Gasteiger partial charge < -0.3 is 9.88 Å². The normalized spacial score (nSPS) is 29.4. The van der Waals surface area contributed by atoms with Gasteiger partial charge in [-0.3, -0.25) is 0 Å². The highest BCUT2D eigenvalue weighted by Crippen LogP contribution is 2.36. The van der Waals surface area contributed by atoms with Gasteiger partial charge in [0, 0.05) is 18.1 Å². The molecule has 0 radical (unpaired) electrons. The van der Waals surface area contributed by atoms with Gasteiger partial charge in [0.25, 0.3) is 0 Å². The van der Waals surface area contributed by atoms with Crippen LogP contribution in [0, 0.1) is 6.92 Å². The van der Waals surface area contributed by atoms with E-state index in [4.69, 9.17) is 4.98 Å². The minimum atomic E-state index is 0. The van der Waals surface area contributed by atoms with Crippen LogP contribution in [0.2, 0.25) is 0 Å². The molecule has 4 heteroatoms. The maximum absolute atomic E-state index is 4.70. The van der Waals surface area contributed by atoms with Crippen molar-refractivity contribution in [3.63, 3.8) is 0 Å². The number of aryl methyl sites for hydroxylation is 1. The van der Waals surface area contributed by atoms with Crippen LogP contribution in [-0.4, -0.2) is 21.6 Å². The van der Waals surface area contributed by atoms with Crippen molar-refractivity contribution in [3.8, 4) is 0 Å². The number of imidazole rings is 1. The van der Waals surface area contributed by atoms with Crippen molar-refractivity contribution in [2.24, 2.45) is 0 Å². The zero-order chi connectivity index (χ0) is 12.1. The molecule has 2 aliphatic heterocycles. The predicted molar refractivity (Wildman–Crippen MR) is 79.9 cm³/mol. The predicted octanol–water partition coefficient (Wildman–Crippen LogP) is 3.22. The lowest BCUT2D eigenvalue weighted by Gasteiger charge is -2.31. The molecule has 2 aromatic rings. The maximum Gasteiger partial charge on any atom is 0.106 e. The van der Waals surface area contributed by atoms with Crippen LogP contribution in [-0.2, 0) is 0 Å². The Balaban J connectivity index is 0.00000110. The molecule has 2 aliphatic rings. The van der Waals surface area contributed by atoms with E-state index in [-0.39, 0.29) is 12.4 Å². The summed E-state index contributed by atoms with van der Waals surface area (Å²) in [5, 5.41) is 3.72. The van der Waals surface area contributed by atoms with Gasteiger partial charge in [-0.05, 0) is 44.7 Å². The average molecular weight is 278 g/mol. The molecule has 1 aromatic heterocycles. The molecule has 2 bridgehead atoms. The second kappa shape index (κ2) is 4.80. The van der Waals surface area contributed by atoms with Crippen molar-refractivity contribution in [1.29, 1.82) is 0 Å². The fourth-order valence-electron chi connectivity index (χ4n) is 3.86. The molecule has 1 aromatic carbocycles. The third kappa shape index (κ3) is 2.05. The third-order valence-corrected chi connectivity index (χ3v) is 4.59. The van der Waals surface area contributed by atoms with E-state index in [1.165, 1.54) is 37.0 Å². The van der Waals surface area contributed by atoms with Gasteiger partial charge in [0.2, 0.25) is 0 Å². The summed E-state index contributed by atoms with van der Waals surface area (Å²) in [7, 11) is 0. The molecule has 2 atom stereocenters. The summed E-state index contributed by atoms with van der Waals surface area (Å²) < 4.78 is 2.47. The van der Waals surface area contributed by atoms with E-state index in [1.807, 2.05) is 0 Å². The highest BCUT2D eigenvalue weighted by Gasteiger charge is 2.35. The lowest BCUT2D eigenvalue weighted by molar-refractivity contribution is 0.300. The van der Waals surface area contributed by atoms with E-state index in [1.54, 1.807) is 0 Å². The van der Waals surface area contributed by atoms with Crippen LogP contribution in [0.25, 0.3) is 11.0 Å². The van der Waals surface area contributed by atoms with Crippen LogP contribution < -0.4 is 5.32 Å². The van der Waals surface area contributed by atoms with Crippen LogP contribution in [0.3, 0.4) is 0 Å². The molecule has 2 fully saturated rings. The Kier molecular flexibility index (Phi) is 3.27. The first-order chi connectivity index (χ1) is 8.81. The molecule has 2 unspecified atom stereocenters. The standard InChI is InChI=1S/C15H19N3.ClH/c1-10-16-14-4-2-3-5-15(14)18(10)13-8-11-6-7-12(9-13)17-11;/h2-5,11-13,17H,6-9H2,1H3;1H. The Morgan fingerprint density at radius 2 is 1.84 bits per heavy atom. The molecule has 19 heavy (non-hydrogen) atoms. The molecule has 3 nitrogen and oxygen atoms in total. The highest BCUT2D eigenvalue weighted by atomic mass is 35.5. The summed E-state index contributed by atoms with van der Waals surface area (Å²) in [5.74, 6) is 1.17. The van der Waals surface area contributed by atoms with Gasteiger partial charge in [-0.1, -0.05) is 12.1 Å². The molecule has 102 valence electrons. The van der Waals surface area contributed by atoms with Gasteiger partial charge in [-0.25, -0.2) is 4.98 Å². The highest BCUT2D eigenvalue weighted by molar-refractivity contribution is 5.85. The number of fused-ring (bicyclic) bond motifs is 3. The molecule has 0 saturated carbocycles. The van der Waals surface area contributed by atoms with Gasteiger partial charge in [-0.2, -0.15) is 0 Å². The number of rotatable bonds is 1. The van der Waals surface area contributed by atoms with Gasteiger partial charge in [0.15, 0.2) is 0 Å². The number of piperidine rings is 1. The Bertz CT molecular complexity index is 580. The second-order valence-corrected chi connectivity index (χ2v) is 5.78. The molecule has 0 amide bonds. The number of para-hydroxylation sites is 2. The number of halogens is 1. The van der Waals surface area contributed by atoms with E-state index in [0.717, 1.165) is 17.6 Å². The van der Waals surface area contributed by atoms with E-state index in [9.17, 15) is 0 Å². The van der Waals surface area contributed by atoms with Crippen LogP contribution >= 0.6 is 12.4 Å². The van der Waals surface area contributed by atoms with Crippen LogP contribution in [0.4, 0.5) is 0 Å². The van der Waals surface area contributed by atoms with E-state index < -0.39 is 0 Å². The zero-order valence-corrected chi connectivity index (χ0v) is 12.0. The minimum Gasteiger partial charge on any atom is -0.325 e. The van der Waals surface area contributed by atoms with Crippen molar-refractivity contribution in [2.75, 3.05) is 0 Å². The van der Waals surface area contributed by atoms with Gasteiger partial charge in [-0.15, -0.1) is 12.4 Å². The Morgan fingerprint density at radius 3 is 2.58 bits per heavy atom. The fourth-order valence-corrected chi connectivity index (χ4v) is 3.86. The summed E-state index contributed by atoms with van der Waals surface area (Å²) >= 11 is 0. The SMILES string of the molecule is Cc1nc2ccccc2n1C1CC2CCC(C1)N2.Cl. The summed E-state index contributed by atoms with van der Waals surface area (Å²) in [6, 6.07) is 10.6. The third-order valence-electron chi connectivity index (χ3n) is 4.59. The summed E-state index contributed by atoms with van der Waals surface area (Å²) in [6.45, 7) is 2.14. The number of benzene rings is 1. The molecular weight excluding hydrogens is 258 g/mol. The molecule has 1 N–H and O–H groups in total. The first-order valence-corrected chi connectivity index (χ1v) is 7.01. The van der Waals surface area contributed by atoms with E-state index in [2.05, 4.69) is 41.1 Å². The van der Waals surface area contributed by atoms with Crippen molar-refractivity contribution in [3.05, 3.63) is 30.1 Å². The minimum absolute atomic E-state index is 0. The zero-order valence-electron chi connectivity index (χ0n) is 11.2. The molecule has 0 aliphatic carbocycles. The average Bonchev–Trinajstić information content (AvgIpc) is 2.88. The molecular formula is C15H20ClN3. The van der Waals surface area contributed by atoms with Gasteiger partial charge in [0.05, 0.1) is 11.0 Å². The fraction of sp³-hybridized carbons (Fsp3) is 0.533. The number of nitrogens with zero attached hydrogens (tertiary/aromatic N) is 2. The summed E-state index contributed by atoms with van der Waals surface area (Å²) in [4.78, 5) is 4.70. The van der Waals surface area contributed by atoms with E-state index >= 15 is 0 Å². The second-order valence-electron chi connectivity index (χ2n) is 5.78. The van der Waals surface area contributed by atoms with Crippen molar-refractivity contribution in [2.45, 2.75) is 50.7 Å². The first-order valence-electron chi connectivity index (χ1n) is 7.01. The number of hydrogen-bond acceptors (Lipinski definition) is 2. The van der Waals surface area contributed by atoms with Crippen molar-refractivity contribution < 1.29 is 0 Å². The maximum atomic E-state index is 4.70. The quantitative estimate of drug-likeness (QED) is 0.867. The molecule has 4 rings (SSSR count).